The van der Waals surface area contributed by atoms with Crippen LogP contribution in [0.3, 0.4) is 0 Å². The average molecular weight is 522 g/mol. The van der Waals surface area contributed by atoms with Crippen LogP contribution in [0.2, 0.25) is 0 Å². The Bertz CT molecular complexity index is 1350. The van der Waals surface area contributed by atoms with Gasteiger partial charge >= 0.3 is 0 Å². The SMILES string of the molecule is COc1ccc(-c2oc3cc(OC)c(O[C@@H]4OC(CO)[C@@H](O)[C@H](O)C4O)c(O)c3c(=O)c2OC)cc1O. The molecule has 13 nitrogen and oxygen atoms in total. The van der Waals surface area contributed by atoms with Crippen molar-refractivity contribution < 1.29 is 58.7 Å². The smallest absolute Gasteiger partial charge is 0.239 e. The van der Waals surface area contributed by atoms with Gasteiger partial charge in [-0.15, -0.1) is 0 Å². The van der Waals surface area contributed by atoms with Crippen molar-refractivity contribution in [3.05, 3.63) is 34.5 Å². The van der Waals surface area contributed by atoms with Gasteiger partial charge in [0.05, 0.1) is 27.9 Å². The van der Waals surface area contributed by atoms with Crippen molar-refractivity contribution in [3.63, 3.8) is 0 Å². The molecule has 2 aromatic carbocycles. The minimum Gasteiger partial charge on any atom is -0.504 e. The molecule has 1 aliphatic rings. The average Bonchev–Trinajstić information content (AvgIpc) is 2.89. The van der Waals surface area contributed by atoms with E-state index in [9.17, 15) is 35.4 Å². The fourth-order valence-corrected chi connectivity index (χ4v) is 4.03. The van der Waals surface area contributed by atoms with Gasteiger partial charge in [-0.05, 0) is 18.2 Å². The number of ether oxygens (including phenoxy) is 5. The molecule has 37 heavy (non-hydrogen) atoms. The Kier molecular flexibility index (Phi) is 7.34. The van der Waals surface area contributed by atoms with Crippen LogP contribution in [0, 0.1) is 0 Å². The summed E-state index contributed by atoms with van der Waals surface area (Å²) in [5.74, 6) is -1.70. The van der Waals surface area contributed by atoms with Gasteiger partial charge in [-0.1, -0.05) is 0 Å². The Morgan fingerprint density at radius 1 is 0.892 bits per heavy atom. The second-order valence-corrected chi connectivity index (χ2v) is 8.13. The number of fused-ring (bicyclic) bond motifs is 1. The van der Waals surface area contributed by atoms with Crippen molar-refractivity contribution in [3.8, 4) is 45.8 Å². The number of hydrogen-bond donors (Lipinski definition) is 6. The van der Waals surface area contributed by atoms with Crippen molar-refractivity contribution in [2.24, 2.45) is 0 Å². The first kappa shape index (κ1) is 26.3. The van der Waals surface area contributed by atoms with Crippen LogP contribution in [-0.2, 0) is 4.74 Å². The standard InChI is InChI=1S/C24H26O13/c1-32-11-5-4-9(6-10(11)26)21-23(34-3)18(29)15-12(35-21)7-13(33-2)22(17(15)28)37-24-20(31)19(30)16(27)14(8-25)36-24/h4-7,14,16,19-20,24-28,30-31H,8H2,1-3H3/t14?,16-,19+,20?,24+/m1/s1. The number of rotatable bonds is 7. The number of hydrogen-bond acceptors (Lipinski definition) is 13. The molecule has 0 amide bonds. The predicted octanol–water partition coefficient (Wildman–Crippen LogP) is 0.0757. The fourth-order valence-electron chi connectivity index (χ4n) is 4.03. The molecular weight excluding hydrogens is 496 g/mol. The molecule has 1 aromatic heterocycles. The van der Waals surface area contributed by atoms with Crippen LogP contribution < -0.4 is 24.4 Å². The number of aliphatic hydroxyl groups is 4. The number of phenols is 2. The number of methoxy groups -OCH3 is 3. The first-order valence-electron chi connectivity index (χ1n) is 11.0. The summed E-state index contributed by atoms with van der Waals surface area (Å²) in [5.41, 5.74) is -0.659. The Balaban J connectivity index is 1.85. The Hall–Kier alpha value is -3.75. The molecule has 200 valence electrons. The highest BCUT2D eigenvalue weighted by molar-refractivity contribution is 5.91. The molecule has 0 bridgehead atoms. The molecule has 1 aliphatic heterocycles. The monoisotopic (exact) mass is 522 g/mol. The zero-order valence-corrected chi connectivity index (χ0v) is 19.9. The molecule has 1 saturated heterocycles. The van der Waals surface area contributed by atoms with Crippen LogP contribution in [0.1, 0.15) is 0 Å². The fraction of sp³-hybridized carbons (Fsp3) is 0.375. The van der Waals surface area contributed by atoms with Gasteiger partial charge in [0, 0.05) is 11.6 Å². The van der Waals surface area contributed by atoms with E-state index in [1.54, 1.807) is 0 Å². The Morgan fingerprint density at radius 3 is 2.19 bits per heavy atom. The minimum absolute atomic E-state index is 0.0537. The van der Waals surface area contributed by atoms with Crippen molar-refractivity contribution in [1.82, 2.24) is 0 Å². The molecule has 13 heteroatoms. The van der Waals surface area contributed by atoms with E-state index in [2.05, 4.69) is 0 Å². The van der Waals surface area contributed by atoms with Gasteiger partial charge in [0.2, 0.25) is 23.2 Å². The van der Waals surface area contributed by atoms with Gasteiger partial charge < -0.3 is 58.7 Å². The van der Waals surface area contributed by atoms with Gasteiger partial charge in [-0.2, -0.15) is 0 Å². The summed E-state index contributed by atoms with van der Waals surface area (Å²) in [7, 11) is 3.84. The number of aliphatic hydroxyl groups excluding tert-OH is 4. The summed E-state index contributed by atoms with van der Waals surface area (Å²) in [6, 6.07) is 5.53. The van der Waals surface area contributed by atoms with Crippen LogP contribution in [0.4, 0.5) is 0 Å². The van der Waals surface area contributed by atoms with E-state index < -0.39 is 54.2 Å². The molecule has 1 fully saturated rings. The first-order chi connectivity index (χ1) is 17.7. The summed E-state index contributed by atoms with van der Waals surface area (Å²) < 4.78 is 32.3. The third-order valence-corrected chi connectivity index (χ3v) is 5.98. The lowest BCUT2D eigenvalue weighted by Gasteiger charge is -2.39. The summed E-state index contributed by atoms with van der Waals surface area (Å²) in [6.45, 7) is -0.698. The Morgan fingerprint density at radius 2 is 1.59 bits per heavy atom. The van der Waals surface area contributed by atoms with E-state index >= 15 is 0 Å². The lowest BCUT2D eigenvalue weighted by atomic mass is 9.99. The molecule has 0 saturated carbocycles. The zero-order valence-electron chi connectivity index (χ0n) is 19.9. The van der Waals surface area contributed by atoms with Crippen molar-refractivity contribution >= 4 is 11.0 Å². The lowest BCUT2D eigenvalue weighted by Crippen LogP contribution is -2.60. The summed E-state index contributed by atoms with van der Waals surface area (Å²) >= 11 is 0. The first-order valence-corrected chi connectivity index (χ1v) is 11.0. The Labute approximate surface area is 209 Å². The van der Waals surface area contributed by atoms with E-state index in [-0.39, 0.29) is 45.3 Å². The minimum atomic E-state index is -1.78. The van der Waals surface area contributed by atoms with Crippen LogP contribution in [0.5, 0.6) is 34.5 Å². The molecule has 3 aromatic rings. The molecule has 2 heterocycles. The molecular formula is C24H26O13. The number of aromatic hydroxyl groups is 2. The van der Waals surface area contributed by atoms with Gasteiger partial charge in [-0.25, -0.2) is 0 Å². The van der Waals surface area contributed by atoms with E-state index in [0.29, 0.717) is 0 Å². The van der Waals surface area contributed by atoms with Crippen LogP contribution in [0.25, 0.3) is 22.3 Å². The molecule has 0 spiro atoms. The van der Waals surface area contributed by atoms with Crippen LogP contribution in [0.15, 0.2) is 33.5 Å². The quantitative estimate of drug-likeness (QED) is 0.244. The van der Waals surface area contributed by atoms with Crippen molar-refractivity contribution in [2.45, 2.75) is 30.7 Å². The maximum atomic E-state index is 13.4. The highest BCUT2D eigenvalue weighted by Gasteiger charge is 2.45. The van der Waals surface area contributed by atoms with Gasteiger partial charge in [0.15, 0.2) is 28.8 Å². The predicted molar refractivity (Wildman–Crippen MR) is 125 cm³/mol. The number of phenolic OH excluding ortho intramolecular Hbond substituents is 2. The summed E-state index contributed by atoms with van der Waals surface area (Å²) in [5, 5.41) is 60.6. The molecule has 0 radical (unpaired) electrons. The largest absolute Gasteiger partial charge is 0.504 e. The normalized spacial score (nSPS) is 23.6. The summed E-state index contributed by atoms with van der Waals surface area (Å²) in [6.07, 6.45) is -8.08. The van der Waals surface area contributed by atoms with Crippen molar-refractivity contribution in [2.75, 3.05) is 27.9 Å². The maximum absolute atomic E-state index is 13.4. The summed E-state index contributed by atoms with van der Waals surface area (Å²) in [4.78, 5) is 13.4. The topological polar surface area (TPSA) is 198 Å². The van der Waals surface area contributed by atoms with Gasteiger partial charge in [0.1, 0.15) is 35.4 Å². The van der Waals surface area contributed by atoms with Crippen molar-refractivity contribution in [1.29, 1.82) is 0 Å². The van der Waals surface area contributed by atoms with Crippen LogP contribution in [-0.4, -0.2) is 89.3 Å². The van der Waals surface area contributed by atoms with E-state index in [1.165, 1.54) is 45.6 Å². The second-order valence-electron chi connectivity index (χ2n) is 8.13. The highest BCUT2D eigenvalue weighted by Crippen LogP contribution is 2.45. The second kappa shape index (κ2) is 10.3. The lowest BCUT2D eigenvalue weighted by molar-refractivity contribution is -0.277. The van der Waals surface area contributed by atoms with Crippen LogP contribution >= 0.6 is 0 Å². The molecule has 6 N–H and O–H groups in total. The molecule has 4 rings (SSSR count). The molecule has 5 atom stereocenters. The van der Waals surface area contributed by atoms with E-state index in [1.807, 2.05) is 0 Å². The van der Waals surface area contributed by atoms with E-state index in [0.717, 1.165) is 0 Å². The molecule has 2 unspecified atom stereocenters. The third kappa shape index (κ3) is 4.47. The zero-order chi connectivity index (χ0) is 27.0. The molecule has 0 aliphatic carbocycles. The number of benzene rings is 2. The highest BCUT2D eigenvalue weighted by atomic mass is 16.7. The van der Waals surface area contributed by atoms with Gasteiger partial charge in [-0.3, -0.25) is 4.79 Å². The third-order valence-electron chi connectivity index (χ3n) is 5.98. The van der Waals surface area contributed by atoms with Gasteiger partial charge in [0.25, 0.3) is 0 Å². The maximum Gasteiger partial charge on any atom is 0.239 e. The van der Waals surface area contributed by atoms with E-state index in [4.69, 9.17) is 28.1 Å².